The van der Waals surface area contributed by atoms with Crippen LogP contribution in [0.3, 0.4) is 0 Å². The van der Waals surface area contributed by atoms with E-state index in [-0.39, 0.29) is 0 Å². The molecule has 0 radical (unpaired) electrons. The molecule has 0 aliphatic carbocycles. The van der Waals surface area contributed by atoms with Crippen LogP contribution in [0.25, 0.3) is 0 Å². The molecule has 0 unspecified atom stereocenters. The van der Waals surface area contributed by atoms with Crippen LogP contribution >= 0.6 is 15.9 Å². The Hall–Kier alpha value is -0.540. The van der Waals surface area contributed by atoms with Crippen molar-refractivity contribution < 1.29 is 5.11 Å². The fourth-order valence-corrected chi connectivity index (χ4v) is 2.31. The van der Waals surface area contributed by atoms with E-state index in [1.54, 1.807) is 0 Å². The standard InChI is InChI=1S/C11H14BrNO/c1-7-6-13-3-2-8-4-11(14)10(12)5-9(7)8/h4-5,7,13-14H,2-3,6H2,1H3/t7-/m1/s1. The zero-order valence-corrected chi connectivity index (χ0v) is 9.76. The lowest BCUT2D eigenvalue weighted by atomic mass is 9.95. The third-order valence-electron chi connectivity index (χ3n) is 2.76. The molecular formula is C11H14BrNO. The Labute approximate surface area is 92.5 Å². The number of nitrogens with one attached hydrogen (secondary N) is 1. The number of fused-ring (bicyclic) bond motifs is 1. The van der Waals surface area contributed by atoms with Crippen molar-refractivity contribution in [2.75, 3.05) is 13.1 Å². The highest BCUT2D eigenvalue weighted by Crippen LogP contribution is 2.32. The molecule has 3 heteroatoms. The van der Waals surface area contributed by atoms with E-state index in [0.717, 1.165) is 24.0 Å². The van der Waals surface area contributed by atoms with Crippen LogP contribution in [0.5, 0.6) is 5.75 Å². The van der Waals surface area contributed by atoms with E-state index in [1.807, 2.05) is 12.1 Å². The van der Waals surface area contributed by atoms with Gasteiger partial charge >= 0.3 is 0 Å². The molecule has 1 aromatic carbocycles. The van der Waals surface area contributed by atoms with Crippen LogP contribution in [0.2, 0.25) is 0 Å². The van der Waals surface area contributed by atoms with Crippen LogP contribution in [0.1, 0.15) is 24.0 Å². The Kier molecular flexibility index (Phi) is 2.79. The monoisotopic (exact) mass is 255 g/mol. The van der Waals surface area contributed by atoms with Gasteiger partial charge in [0, 0.05) is 6.54 Å². The maximum atomic E-state index is 9.59. The summed E-state index contributed by atoms with van der Waals surface area (Å²) in [6.45, 7) is 4.23. The molecule has 76 valence electrons. The first-order valence-corrected chi connectivity index (χ1v) is 5.70. The van der Waals surface area contributed by atoms with Crippen molar-refractivity contribution in [2.45, 2.75) is 19.3 Å². The largest absolute Gasteiger partial charge is 0.507 e. The SMILES string of the molecule is C[C@@H]1CNCCc2cc(O)c(Br)cc21. The van der Waals surface area contributed by atoms with Crippen molar-refractivity contribution in [3.63, 3.8) is 0 Å². The number of rotatable bonds is 0. The average Bonchev–Trinajstić information content (AvgIpc) is 2.31. The molecule has 1 aliphatic rings. The smallest absolute Gasteiger partial charge is 0.130 e. The summed E-state index contributed by atoms with van der Waals surface area (Å²) in [7, 11) is 0. The normalized spacial score (nSPS) is 21.4. The van der Waals surface area contributed by atoms with Crippen LogP contribution in [0.15, 0.2) is 16.6 Å². The third kappa shape index (κ3) is 1.79. The van der Waals surface area contributed by atoms with Crippen LogP contribution in [0, 0.1) is 0 Å². The minimum Gasteiger partial charge on any atom is -0.507 e. The highest BCUT2D eigenvalue weighted by Gasteiger charge is 2.16. The van der Waals surface area contributed by atoms with E-state index < -0.39 is 0 Å². The van der Waals surface area contributed by atoms with E-state index >= 15 is 0 Å². The number of phenolic OH excluding ortho intramolecular Hbond substituents is 1. The molecule has 2 rings (SSSR count). The maximum Gasteiger partial charge on any atom is 0.130 e. The number of halogens is 1. The second kappa shape index (κ2) is 3.91. The van der Waals surface area contributed by atoms with Crippen molar-refractivity contribution in [1.29, 1.82) is 0 Å². The van der Waals surface area contributed by atoms with Gasteiger partial charge in [-0.15, -0.1) is 0 Å². The zero-order chi connectivity index (χ0) is 10.1. The highest BCUT2D eigenvalue weighted by atomic mass is 79.9. The van der Waals surface area contributed by atoms with Gasteiger partial charge in [0.05, 0.1) is 4.47 Å². The Morgan fingerprint density at radius 3 is 3.07 bits per heavy atom. The van der Waals surface area contributed by atoms with Gasteiger partial charge < -0.3 is 10.4 Å². The average molecular weight is 256 g/mol. The molecular weight excluding hydrogens is 242 g/mol. The van der Waals surface area contributed by atoms with Crippen molar-refractivity contribution in [3.8, 4) is 5.75 Å². The van der Waals surface area contributed by atoms with Gasteiger partial charge in [0.2, 0.25) is 0 Å². The lowest BCUT2D eigenvalue weighted by Gasteiger charge is -2.13. The maximum absolute atomic E-state index is 9.59. The van der Waals surface area contributed by atoms with E-state index in [1.165, 1.54) is 11.1 Å². The lowest BCUT2D eigenvalue weighted by molar-refractivity contribution is 0.470. The van der Waals surface area contributed by atoms with Crippen LogP contribution < -0.4 is 5.32 Å². The molecule has 0 bridgehead atoms. The molecule has 2 N–H and O–H groups in total. The Balaban J connectivity index is 2.49. The Morgan fingerprint density at radius 1 is 1.50 bits per heavy atom. The Bertz CT molecular complexity index is 351. The van der Waals surface area contributed by atoms with Gasteiger partial charge in [0.25, 0.3) is 0 Å². The third-order valence-corrected chi connectivity index (χ3v) is 3.40. The topological polar surface area (TPSA) is 32.3 Å². The number of aromatic hydroxyl groups is 1. The first kappa shape index (κ1) is 9.99. The summed E-state index contributed by atoms with van der Waals surface area (Å²) in [5.74, 6) is 0.863. The second-order valence-corrected chi connectivity index (χ2v) is 4.71. The molecule has 1 aliphatic heterocycles. The van der Waals surface area contributed by atoms with Crippen molar-refractivity contribution in [1.82, 2.24) is 5.32 Å². The molecule has 2 nitrogen and oxygen atoms in total. The molecule has 0 saturated heterocycles. The predicted molar refractivity (Wildman–Crippen MR) is 60.8 cm³/mol. The van der Waals surface area contributed by atoms with E-state index in [4.69, 9.17) is 0 Å². The van der Waals surface area contributed by atoms with Gasteiger partial charge in [-0.25, -0.2) is 0 Å². The number of hydrogen-bond donors (Lipinski definition) is 2. The summed E-state index contributed by atoms with van der Waals surface area (Å²) in [6.07, 6.45) is 1.00. The fraction of sp³-hybridized carbons (Fsp3) is 0.455. The number of benzene rings is 1. The minimum absolute atomic E-state index is 0.345. The molecule has 0 fully saturated rings. The first-order valence-electron chi connectivity index (χ1n) is 4.90. The van der Waals surface area contributed by atoms with Gasteiger partial charge in [-0.3, -0.25) is 0 Å². The number of hydrogen-bond acceptors (Lipinski definition) is 2. The molecule has 0 amide bonds. The summed E-state index contributed by atoms with van der Waals surface area (Å²) < 4.78 is 0.796. The lowest BCUT2D eigenvalue weighted by Crippen LogP contribution is -2.18. The van der Waals surface area contributed by atoms with Crippen LogP contribution in [-0.2, 0) is 6.42 Å². The summed E-state index contributed by atoms with van der Waals surface area (Å²) in [5, 5.41) is 13.0. The quantitative estimate of drug-likeness (QED) is 0.747. The molecule has 1 atom stereocenters. The van der Waals surface area contributed by atoms with Gasteiger partial charge in [0.1, 0.15) is 5.75 Å². The molecule has 1 heterocycles. The summed E-state index contributed by atoms with van der Waals surface area (Å²) in [5.41, 5.74) is 2.61. The van der Waals surface area contributed by atoms with Crippen molar-refractivity contribution in [2.24, 2.45) is 0 Å². The zero-order valence-electron chi connectivity index (χ0n) is 8.18. The van der Waals surface area contributed by atoms with Crippen molar-refractivity contribution >= 4 is 15.9 Å². The van der Waals surface area contributed by atoms with E-state index in [0.29, 0.717) is 11.7 Å². The van der Waals surface area contributed by atoms with Gasteiger partial charge in [-0.05, 0) is 58.1 Å². The molecule has 14 heavy (non-hydrogen) atoms. The van der Waals surface area contributed by atoms with Gasteiger partial charge in [-0.1, -0.05) is 6.92 Å². The minimum atomic E-state index is 0.345. The van der Waals surface area contributed by atoms with Crippen LogP contribution in [0.4, 0.5) is 0 Å². The van der Waals surface area contributed by atoms with Crippen LogP contribution in [-0.4, -0.2) is 18.2 Å². The first-order chi connectivity index (χ1) is 6.68. The fourth-order valence-electron chi connectivity index (χ4n) is 1.95. The predicted octanol–water partition coefficient (Wildman–Crippen LogP) is 2.40. The molecule has 0 aromatic heterocycles. The van der Waals surface area contributed by atoms with E-state index in [9.17, 15) is 5.11 Å². The van der Waals surface area contributed by atoms with Crippen molar-refractivity contribution in [3.05, 3.63) is 27.7 Å². The molecule has 0 saturated carbocycles. The summed E-state index contributed by atoms with van der Waals surface area (Å²) >= 11 is 3.36. The highest BCUT2D eigenvalue weighted by molar-refractivity contribution is 9.10. The van der Waals surface area contributed by atoms with Gasteiger partial charge in [0.15, 0.2) is 0 Å². The second-order valence-electron chi connectivity index (χ2n) is 3.86. The molecule has 0 spiro atoms. The summed E-state index contributed by atoms with van der Waals surface area (Å²) in [4.78, 5) is 0. The van der Waals surface area contributed by atoms with E-state index in [2.05, 4.69) is 28.2 Å². The van der Waals surface area contributed by atoms with Gasteiger partial charge in [-0.2, -0.15) is 0 Å². The summed E-state index contributed by atoms with van der Waals surface area (Å²) in [6, 6.07) is 3.92. The Morgan fingerprint density at radius 2 is 2.29 bits per heavy atom. The number of phenols is 1. The molecule has 1 aromatic rings.